The van der Waals surface area contributed by atoms with Gasteiger partial charge in [-0.3, -0.25) is 4.79 Å². The van der Waals surface area contributed by atoms with Crippen LogP contribution in [0.4, 0.5) is 13.2 Å². The summed E-state index contributed by atoms with van der Waals surface area (Å²) >= 11 is 0. The number of halogens is 3. The topological polar surface area (TPSA) is 37.3 Å². The Balaban J connectivity index is 3.00. The van der Waals surface area contributed by atoms with E-state index in [0.29, 0.717) is 25.3 Å². The smallest absolute Gasteiger partial charge is 0.376 e. The second-order valence-electron chi connectivity index (χ2n) is 4.32. The van der Waals surface area contributed by atoms with E-state index >= 15 is 0 Å². The average Bonchev–Trinajstić information content (AvgIpc) is 2.28. The summed E-state index contributed by atoms with van der Waals surface area (Å²) in [5.74, 6) is -0.115. The SMILES string of the molecule is CCCC(=O)c1ccc([C@](C)(O)C(F)(F)F)cc1. The molecule has 2 nitrogen and oxygen atoms in total. The van der Waals surface area contributed by atoms with Gasteiger partial charge in [-0.25, -0.2) is 0 Å². The van der Waals surface area contributed by atoms with E-state index in [4.69, 9.17) is 0 Å². The summed E-state index contributed by atoms with van der Waals surface area (Å²) in [4.78, 5) is 11.5. The summed E-state index contributed by atoms with van der Waals surface area (Å²) in [7, 11) is 0. The summed E-state index contributed by atoms with van der Waals surface area (Å²) in [6, 6.07) is 4.90. The Morgan fingerprint density at radius 2 is 1.72 bits per heavy atom. The molecule has 0 aliphatic carbocycles. The minimum Gasteiger partial charge on any atom is -0.376 e. The lowest BCUT2D eigenvalue weighted by atomic mass is 9.93. The molecule has 0 aliphatic rings. The first-order valence-electron chi connectivity index (χ1n) is 5.63. The Hall–Kier alpha value is -1.36. The number of hydrogen-bond acceptors (Lipinski definition) is 2. The van der Waals surface area contributed by atoms with Crippen LogP contribution in [0.2, 0.25) is 0 Å². The third kappa shape index (κ3) is 2.90. The normalized spacial score (nSPS) is 15.2. The molecule has 0 aliphatic heterocycles. The molecule has 0 fully saturated rings. The summed E-state index contributed by atoms with van der Waals surface area (Å²) in [6.45, 7) is 2.54. The molecular weight excluding hydrogens is 245 g/mol. The lowest BCUT2D eigenvalue weighted by molar-refractivity contribution is -0.258. The van der Waals surface area contributed by atoms with Gasteiger partial charge in [0, 0.05) is 12.0 Å². The number of ketones is 1. The minimum atomic E-state index is -4.75. The van der Waals surface area contributed by atoms with Gasteiger partial charge in [-0.05, 0) is 18.9 Å². The van der Waals surface area contributed by atoms with E-state index in [-0.39, 0.29) is 11.3 Å². The average molecular weight is 260 g/mol. The first-order valence-corrected chi connectivity index (χ1v) is 5.63. The summed E-state index contributed by atoms with van der Waals surface area (Å²) < 4.78 is 37.7. The van der Waals surface area contributed by atoms with Gasteiger partial charge in [-0.15, -0.1) is 0 Å². The zero-order chi connectivity index (χ0) is 14.0. The molecule has 0 amide bonds. The largest absolute Gasteiger partial charge is 0.421 e. The molecule has 0 spiro atoms. The van der Waals surface area contributed by atoms with Crippen molar-refractivity contribution >= 4 is 5.78 Å². The number of Topliss-reactive ketones (excluding diaryl/α,β-unsaturated/α-hetero) is 1. The van der Waals surface area contributed by atoms with Gasteiger partial charge in [-0.1, -0.05) is 31.2 Å². The van der Waals surface area contributed by atoms with Gasteiger partial charge in [0.05, 0.1) is 0 Å². The van der Waals surface area contributed by atoms with E-state index < -0.39 is 11.8 Å². The maximum Gasteiger partial charge on any atom is 0.421 e. The molecule has 5 heteroatoms. The third-order valence-electron chi connectivity index (χ3n) is 2.80. The van der Waals surface area contributed by atoms with Crippen LogP contribution >= 0.6 is 0 Å². The van der Waals surface area contributed by atoms with Crippen molar-refractivity contribution in [1.29, 1.82) is 0 Å². The van der Waals surface area contributed by atoms with Crippen molar-refractivity contribution in [1.82, 2.24) is 0 Å². The number of aliphatic hydroxyl groups is 1. The van der Waals surface area contributed by atoms with E-state index in [2.05, 4.69) is 0 Å². The Labute approximate surface area is 103 Å². The second-order valence-corrected chi connectivity index (χ2v) is 4.32. The molecule has 18 heavy (non-hydrogen) atoms. The monoisotopic (exact) mass is 260 g/mol. The first-order chi connectivity index (χ1) is 8.20. The van der Waals surface area contributed by atoms with E-state index in [0.717, 1.165) is 12.1 Å². The van der Waals surface area contributed by atoms with Crippen LogP contribution in [0.15, 0.2) is 24.3 Å². The number of hydrogen-bond donors (Lipinski definition) is 1. The van der Waals surface area contributed by atoms with Crippen LogP contribution in [-0.2, 0) is 5.60 Å². The van der Waals surface area contributed by atoms with Crippen molar-refractivity contribution in [2.45, 2.75) is 38.5 Å². The predicted molar refractivity (Wildman–Crippen MR) is 61.3 cm³/mol. The highest BCUT2D eigenvalue weighted by Gasteiger charge is 2.51. The zero-order valence-electron chi connectivity index (χ0n) is 10.2. The molecule has 0 saturated carbocycles. The molecule has 0 saturated heterocycles. The quantitative estimate of drug-likeness (QED) is 0.842. The number of carbonyl (C=O) groups excluding carboxylic acids is 1. The Morgan fingerprint density at radius 3 is 2.11 bits per heavy atom. The molecule has 1 rings (SSSR count). The molecule has 0 aromatic heterocycles. The maximum absolute atomic E-state index is 12.6. The highest BCUT2D eigenvalue weighted by atomic mass is 19.4. The minimum absolute atomic E-state index is 0.115. The molecule has 0 radical (unpaired) electrons. The summed E-state index contributed by atoms with van der Waals surface area (Å²) in [6.07, 6.45) is -3.71. The molecule has 1 atom stereocenters. The fourth-order valence-electron chi connectivity index (χ4n) is 1.52. The second kappa shape index (κ2) is 5.10. The van der Waals surface area contributed by atoms with Crippen LogP contribution in [0.3, 0.4) is 0 Å². The van der Waals surface area contributed by atoms with Gasteiger partial charge < -0.3 is 5.11 Å². The Bertz CT molecular complexity index is 419. The highest BCUT2D eigenvalue weighted by Crippen LogP contribution is 2.38. The number of alkyl halides is 3. The lowest BCUT2D eigenvalue weighted by Crippen LogP contribution is -2.39. The standard InChI is InChI=1S/C13H15F3O2/c1-3-4-11(17)9-5-7-10(8-6-9)12(2,18)13(14,15)16/h5-8,18H,3-4H2,1-2H3/t12-/m0/s1. The van der Waals surface area contributed by atoms with Gasteiger partial charge in [-0.2, -0.15) is 13.2 Å². The molecule has 1 aromatic carbocycles. The van der Waals surface area contributed by atoms with Crippen molar-refractivity contribution in [3.63, 3.8) is 0 Å². The van der Waals surface area contributed by atoms with Gasteiger partial charge >= 0.3 is 6.18 Å². The van der Waals surface area contributed by atoms with Crippen LogP contribution in [-0.4, -0.2) is 17.1 Å². The predicted octanol–water partition coefficient (Wildman–Crippen LogP) is 3.44. The number of benzene rings is 1. The molecule has 0 bridgehead atoms. The van der Waals surface area contributed by atoms with Crippen LogP contribution in [0, 0.1) is 0 Å². The summed E-state index contributed by atoms with van der Waals surface area (Å²) in [5.41, 5.74) is -2.82. The fraction of sp³-hybridized carbons (Fsp3) is 0.462. The van der Waals surface area contributed by atoms with Crippen LogP contribution < -0.4 is 0 Å². The molecule has 0 heterocycles. The van der Waals surface area contributed by atoms with Gasteiger partial charge in [0.2, 0.25) is 0 Å². The van der Waals surface area contributed by atoms with E-state index in [9.17, 15) is 23.1 Å². The number of rotatable bonds is 4. The van der Waals surface area contributed by atoms with Gasteiger partial charge in [0.25, 0.3) is 0 Å². The zero-order valence-corrected chi connectivity index (χ0v) is 10.2. The van der Waals surface area contributed by atoms with E-state index in [1.54, 1.807) is 0 Å². The molecule has 1 aromatic rings. The number of carbonyl (C=O) groups is 1. The molecular formula is C13H15F3O2. The van der Waals surface area contributed by atoms with Crippen molar-refractivity contribution < 1.29 is 23.1 Å². The van der Waals surface area contributed by atoms with Crippen molar-refractivity contribution in [2.75, 3.05) is 0 Å². The fourth-order valence-corrected chi connectivity index (χ4v) is 1.52. The Kier molecular flexibility index (Phi) is 4.16. The van der Waals surface area contributed by atoms with E-state index in [1.165, 1.54) is 12.1 Å². The van der Waals surface area contributed by atoms with Gasteiger partial charge in [0.15, 0.2) is 11.4 Å². The summed E-state index contributed by atoms with van der Waals surface area (Å²) in [5, 5.41) is 9.45. The molecule has 1 N–H and O–H groups in total. The van der Waals surface area contributed by atoms with Crippen molar-refractivity contribution in [3.05, 3.63) is 35.4 Å². The van der Waals surface area contributed by atoms with Crippen LogP contribution in [0.5, 0.6) is 0 Å². The lowest BCUT2D eigenvalue weighted by Gasteiger charge is -2.26. The molecule has 0 unspecified atom stereocenters. The van der Waals surface area contributed by atoms with Crippen molar-refractivity contribution in [2.24, 2.45) is 0 Å². The van der Waals surface area contributed by atoms with Crippen LogP contribution in [0.1, 0.15) is 42.6 Å². The third-order valence-corrected chi connectivity index (χ3v) is 2.80. The van der Waals surface area contributed by atoms with Crippen LogP contribution in [0.25, 0.3) is 0 Å². The maximum atomic E-state index is 12.6. The molecule has 100 valence electrons. The van der Waals surface area contributed by atoms with Gasteiger partial charge in [0.1, 0.15) is 0 Å². The van der Waals surface area contributed by atoms with Crippen molar-refractivity contribution in [3.8, 4) is 0 Å². The highest BCUT2D eigenvalue weighted by molar-refractivity contribution is 5.96. The van der Waals surface area contributed by atoms with E-state index in [1.807, 2.05) is 6.92 Å². The first kappa shape index (κ1) is 14.7. The Morgan fingerprint density at radius 1 is 1.22 bits per heavy atom.